The van der Waals surface area contributed by atoms with E-state index in [1.165, 1.54) is 0 Å². The number of amides is 1. The molecule has 0 saturated carbocycles. The molecule has 5 nitrogen and oxygen atoms in total. The smallest absolute Gasteiger partial charge is 0.238 e. The summed E-state index contributed by atoms with van der Waals surface area (Å²) in [4.78, 5) is 11.2. The third-order valence-corrected chi connectivity index (χ3v) is 1.52. The second kappa shape index (κ2) is 4.61. The molecule has 1 aromatic heterocycles. The quantitative estimate of drug-likeness (QED) is 0.687. The van der Waals surface area contributed by atoms with Crippen molar-refractivity contribution in [1.82, 2.24) is 15.1 Å². The third-order valence-electron chi connectivity index (χ3n) is 1.52. The summed E-state index contributed by atoms with van der Waals surface area (Å²) in [6, 6.07) is 0. The van der Waals surface area contributed by atoms with Gasteiger partial charge in [0.1, 0.15) is 0 Å². The summed E-state index contributed by atoms with van der Waals surface area (Å²) in [7, 11) is 1.81. The molecule has 1 aromatic rings. The van der Waals surface area contributed by atoms with E-state index in [1.54, 1.807) is 24.1 Å². The highest BCUT2D eigenvalue weighted by Gasteiger charge is 2.01. The van der Waals surface area contributed by atoms with E-state index < -0.39 is 0 Å². The van der Waals surface area contributed by atoms with Gasteiger partial charge in [0.2, 0.25) is 5.91 Å². The van der Waals surface area contributed by atoms with Crippen LogP contribution >= 0.6 is 0 Å². The number of carbonyl (C=O) groups is 1. The van der Waals surface area contributed by atoms with E-state index in [-0.39, 0.29) is 5.91 Å². The Kier molecular flexibility index (Phi) is 3.45. The summed E-state index contributed by atoms with van der Waals surface area (Å²) >= 11 is 0. The number of nitrogens with one attached hydrogen (secondary N) is 2. The molecule has 0 bridgehead atoms. The number of likely N-dealkylation sites (N-methyl/N-ethyl adjacent to an activating group) is 1. The molecule has 2 N–H and O–H groups in total. The maximum atomic E-state index is 11.2. The number of aromatic nitrogens is 2. The molecule has 5 heteroatoms. The molecule has 1 amide bonds. The van der Waals surface area contributed by atoms with Crippen molar-refractivity contribution in [3.63, 3.8) is 0 Å². The van der Waals surface area contributed by atoms with Gasteiger partial charge in [-0.05, 0) is 6.54 Å². The van der Waals surface area contributed by atoms with E-state index in [4.69, 9.17) is 0 Å². The lowest BCUT2D eigenvalue weighted by molar-refractivity contribution is -0.115. The predicted molar refractivity (Wildman–Crippen MR) is 50.4 cm³/mol. The van der Waals surface area contributed by atoms with Crippen LogP contribution in [0.4, 0.5) is 5.69 Å². The minimum absolute atomic E-state index is 0.0464. The van der Waals surface area contributed by atoms with Crippen molar-refractivity contribution in [3.8, 4) is 0 Å². The molecule has 0 unspecified atom stereocenters. The van der Waals surface area contributed by atoms with Crippen LogP contribution < -0.4 is 10.6 Å². The Balaban J connectivity index is 2.36. The average molecular weight is 182 g/mol. The number of aryl methyl sites for hydroxylation is 1. The molecule has 0 spiro atoms. The topological polar surface area (TPSA) is 59.0 Å². The summed E-state index contributed by atoms with van der Waals surface area (Å²) in [5.41, 5.74) is 0.727. The maximum Gasteiger partial charge on any atom is 0.238 e. The molecule has 0 aromatic carbocycles. The molecule has 0 atom stereocenters. The van der Waals surface area contributed by atoms with E-state index in [9.17, 15) is 4.79 Å². The molecule has 72 valence electrons. The molecule has 0 aliphatic heterocycles. The summed E-state index contributed by atoms with van der Waals surface area (Å²) in [5, 5.41) is 9.58. The molecule has 1 rings (SSSR count). The lowest BCUT2D eigenvalue weighted by atomic mass is 10.5. The van der Waals surface area contributed by atoms with E-state index in [2.05, 4.69) is 15.7 Å². The minimum atomic E-state index is -0.0464. The number of carbonyl (C=O) groups excluding carboxylic acids is 1. The molecule has 0 radical (unpaired) electrons. The average Bonchev–Trinajstić information content (AvgIpc) is 2.48. The lowest BCUT2D eigenvalue weighted by Gasteiger charge is -2.01. The number of hydrogen-bond acceptors (Lipinski definition) is 3. The fraction of sp³-hybridized carbons (Fsp3) is 0.500. The van der Waals surface area contributed by atoms with Crippen LogP contribution in [0.5, 0.6) is 0 Å². The third kappa shape index (κ3) is 3.25. The van der Waals surface area contributed by atoms with Crippen LogP contribution in [-0.2, 0) is 11.8 Å². The van der Waals surface area contributed by atoms with Crippen molar-refractivity contribution in [3.05, 3.63) is 12.4 Å². The summed E-state index contributed by atoms with van der Waals surface area (Å²) in [5.74, 6) is -0.0464. The molecule has 0 saturated heterocycles. The number of hydrogen-bond donors (Lipinski definition) is 2. The minimum Gasteiger partial charge on any atom is -0.322 e. The molecule has 0 fully saturated rings. The number of rotatable bonds is 4. The molecular weight excluding hydrogens is 168 g/mol. The molecule has 0 aliphatic carbocycles. The van der Waals surface area contributed by atoms with Crippen LogP contribution in [0.2, 0.25) is 0 Å². The van der Waals surface area contributed by atoms with Gasteiger partial charge in [0.05, 0.1) is 18.4 Å². The van der Waals surface area contributed by atoms with E-state index in [0.717, 1.165) is 12.2 Å². The van der Waals surface area contributed by atoms with Gasteiger partial charge in [-0.1, -0.05) is 6.92 Å². The van der Waals surface area contributed by atoms with Gasteiger partial charge in [0.25, 0.3) is 0 Å². The first-order valence-corrected chi connectivity index (χ1v) is 4.21. The molecule has 13 heavy (non-hydrogen) atoms. The first-order valence-electron chi connectivity index (χ1n) is 4.21. The highest BCUT2D eigenvalue weighted by atomic mass is 16.1. The normalized spacial score (nSPS) is 10.0. The molecule has 1 heterocycles. The Bertz CT molecular complexity index is 281. The Morgan fingerprint density at radius 3 is 3.00 bits per heavy atom. The van der Waals surface area contributed by atoms with Gasteiger partial charge in [0.15, 0.2) is 0 Å². The van der Waals surface area contributed by atoms with E-state index in [0.29, 0.717) is 6.54 Å². The fourth-order valence-electron chi connectivity index (χ4n) is 0.929. The molecule has 0 aliphatic rings. The zero-order valence-corrected chi connectivity index (χ0v) is 7.87. The van der Waals surface area contributed by atoms with E-state index >= 15 is 0 Å². The SMILES string of the molecule is CCNCC(=O)Nc1cnn(C)c1. The van der Waals surface area contributed by atoms with Gasteiger partial charge < -0.3 is 10.6 Å². The number of nitrogens with zero attached hydrogens (tertiary/aromatic N) is 2. The van der Waals surface area contributed by atoms with Crippen molar-refractivity contribution in [2.75, 3.05) is 18.4 Å². The number of anilines is 1. The first kappa shape index (κ1) is 9.73. The van der Waals surface area contributed by atoms with Crippen LogP contribution in [-0.4, -0.2) is 28.8 Å². The zero-order chi connectivity index (χ0) is 9.68. The zero-order valence-electron chi connectivity index (χ0n) is 7.87. The van der Waals surface area contributed by atoms with Gasteiger partial charge in [-0.15, -0.1) is 0 Å². The largest absolute Gasteiger partial charge is 0.322 e. The van der Waals surface area contributed by atoms with Gasteiger partial charge in [0, 0.05) is 13.2 Å². The first-order chi connectivity index (χ1) is 6.22. The Morgan fingerprint density at radius 2 is 2.46 bits per heavy atom. The maximum absolute atomic E-state index is 11.2. The summed E-state index contributed by atoms with van der Waals surface area (Å²) in [6.45, 7) is 3.09. The Hall–Kier alpha value is -1.36. The van der Waals surface area contributed by atoms with Gasteiger partial charge in [-0.25, -0.2) is 0 Å². The lowest BCUT2D eigenvalue weighted by Crippen LogP contribution is -2.27. The van der Waals surface area contributed by atoms with Crippen LogP contribution in [0.25, 0.3) is 0 Å². The Morgan fingerprint density at radius 1 is 1.69 bits per heavy atom. The summed E-state index contributed by atoms with van der Waals surface area (Å²) in [6.07, 6.45) is 3.37. The van der Waals surface area contributed by atoms with Crippen molar-refractivity contribution in [1.29, 1.82) is 0 Å². The predicted octanol–water partition coefficient (Wildman–Crippen LogP) is -0.0319. The standard InChI is InChI=1S/C8H14N4O/c1-3-9-5-8(13)11-7-4-10-12(2)6-7/h4,6,9H,3,5H2,1-2H3,(H,11,13). The second-order valence-electron chi connectivity index (χ2n) is 2.73. The van der Waals surface area contributed by atoms with Crippen molar-refractivity contribution in [2.24, 2.45) is 7.05 Å². The highest BCUT2D eigenvalue weighted by molar-refractivity contribution is 5.91. The Labute approximate surface area is 77.1 Å². The van der Waals surface area contributed by atoms with Crippen LogP contribution in [0.1, 0.15) is 6.92 Å². The van der Waals surface area contributed by atoms with Crippen molar-refractivity contribution < 1.29 is 4.79 Å². The van der Waals surface area contributed by atoms with Crippen molar-refractivity contribution in [2.45, 2.75) is 6.92 Å². The van der Waals surface area contributed by atoms with Gasteiger partial charge in [-0.3, -0.25) is 9.48 Å². The highest BCUT2D eigenvalue weighted by Crippen LogP contribution is 2.01. The fourth-order valence-corrected chi connectivity index (χ4v) is 0.929. The molecular formula is C8H14N4O. The summed E-state index contributed by atoms with van der Waals surface area (Å²) < 4.78 is 1.64. The van der Waals surface area contributed by atoms with Crippen LogP contribution in [0, 0.1) is 0 Å². The van der Waals surface area contributed by atoms with Crippen LogP contribution in [0.15, 0.2) is 12.4 Å². The van der Waals surface area contributed by atoms with Crippen LogP contribution in [0.3, 0.4) is 0 Å². The van der Waals surface area contributed by atoms with Gasteiger partial charge in [-0.2, -0.15) is 5.10 Å². The van der Waals surface area contributed by atoms with E-state index in [1.807, 2.05) is 6.92 Å². The monoisotopic (exact) mass is 182 g/mol. The van der Waals surface area contributed by atoms with Crippen molar-refractivity contribution >= 4 is 11.6 Å². The second-order valence-corrected chi connectivity index (χ2v) is 2.73. The van der Waals surface area contributed by atoms with Gasteiger partial charge >= 0.3 is 0 Å².